The van der Waals surface area contributed by atoms with Crippen molar-refractivity contribution in [3.8, 4) is 5.88 Å². The molecule has 27 heavy (non-hydrogen) atoms. The van der Waals surface area contributed by atoms with E-state index in [4.69, 9.17) is 9.47 Å². The number of ether oxygens (including phenoxy) is 2. The van der Waals surface area contributed by atoms with Gasteiger partial charge in [-0.05, 0) is 44.7 Å². The van der Waals surface area contributed by atoms with Crippen molar-refractivity contribution in [2.24, 2.45) is 0 Å². The Bertz CT molecular complexity index is 781. The number of carbonyl (C=O) groups excluding carboxylic acids is 1. The van der Waals surface area contributed by atoms with Gasteiger partial charge in [-0.1, -0.05) is 36.8 Å². The Kier molecular flexibility index (Phi) is 6.11. The maximum absolute atomic E-state index is 13.4. The largest absolute Gasteiger partial charge is 0.478 e. The highest BCUT2D eigenvalue weighted by Crippen LogP contribution is 2.36. The molecule has 1 aliphatic heterocycles. The van der Waals surface area contributed by atoms with Gasteiger partial charge in [-0.3, -0.25) is 4.79 Å². The third kappa shape index (κ3) is 4.30. The SMILES string of the molecule is CCCOc1ccc(NC(=O)C2(c3ccc(C)cc3)CCOCC2)c(C)n1. The van der Waals surface area contributed by atoms with Crippen molar-refractivity contribution in [3.05, 3.63) is 53.2 Å². The normalized spacial score (nSPS) is 16.0. The molecule has 0 unspecified atom stereocenters. The molecule has 3 rings (SSSR count). The van der Waals surface area contributed by atoms with Gasteiger partial charge in [-0.25, -0.2) is 4.98 Å². The summed E-state index contributed by atoms with van der Waals surface area (Å²) >= 11 is 0. The number of aryl methyl sites for hydroxylation is 2. The first-order chi connectivity index (χ1) is 13.0. The minimum atomic E-state index is -0.574. The van der Waals surface area contributed by atoms with Crippen molar-refractivity contribution in [2.45, 2.75) is 45.4 Å². The molecule has 1 aromatic heterocycles. The lowest BCUT2D eigenvalue weighted by atomic mass is 9.73. The van der Waals surface area contributed by atoms with Crippen LogP contribution in [-0.4, -0.2) is 30.7 Å². The molecule has 1 N–H and O–H groups in total. The smallest absolute Gasteiger partial charge is 0.235 e. The van der Waals surface area contributed by atoms with Crippen molar-refractivity contribution in [1.29, 1.82) is 0 Å². The first-order valence-corrected chi connectivity index (χ1v) is 9.62. The number of nitrogens with one attached hydrogen (secondary N) is 1. The second-order valence-corrected chi connectivity index (χ2v) is 7.15. The highest BCUT2D eigenvalue weighted by Gasteiger charge is 2.41. The highest BCUT2D eigenvalue weighted by atomic mass is 16.5. The van der Waals surface area contributed by atoms with Gasteiger partial charge in [0, 0.05) is 19.3 Å². The Hall–Kier alpha value is -2.40. The van der Waals surface area contributed by atoms with E-state index in [0.29, 0.717) is 38.5 Å². The number of pyridine rings is 1. The monoisotopic (exact) mass is 368 g/mol. The summed E-state index contributed by atoms with van der Waals surface area (Å²) in [4.78, 5) is 17.8. The van der Waals surface area contributed by atoms with Gasteiger partial charge >= 0.3 is 0 Å². The van der Waals surface area contributed by atoms with Crippen molar-refractivity contribution >= 4 is 11.6 Å². The predicted molar refractivity (Wildman–Crippen MR) is 106 cm³/mol. The average molecular weight is 368 g/mol. The molecule has 1 saturated heterocycles. The van der Waals surface area contributed by atoms with Gasteiger partial charge in [0.25, 0.3) is 0 Å². The minimum Gasteiger partial charge on any atom is -0.478 e. The fourth-order valence-electron chi connectivity index (χ4n) is 3.44. The molecule has 1 aromatic carbocycles. The summed E-state index contributed by atoms with van der Waals surface area (Å²) in [6.45, 7) is 7.80. The van der Waals surface area contributed by atoms with Gasteiger partial charge in [0.15, 0.2) is 0 Å². The van der Waals surface area contributed by atoms with Crippen LogP contribution in [0.15, 0.2) is 36.4 Å². The molecule has 144 valence electrons. The van der Waals surface area contributed by atoms with Crippen LogP contribution in [0.2, 0.25) is 0 Å². The summed E-state index contributed by atoms with van der Waals surface area (Å²) in [5.41, 5.74) is 3.13. The summed E-state index contributed by atoms with van der Waals surface area (Å²) in [6.07, 6.45) is 2.28. The zero-order valence-corrected chi connectivity index (χ0v) is 16.4. The van der Waals surface area contributed by atoms with Gasteiger partial charge in [0.2, 0.25) is 11.8 Å². The van der Waals surface area contributed by atoms with Gasteiger partial charge in [-0.2, -0.15) is 0 Å². The summed E-state index contributed by atoms with van der Waals surface area (Å²) < 4.78 is 11.1. The molecule has 5 nitrogen and oxygen atoms in total. The molecule has 2 aromatic rings. The molecule has 1 amide bonds. The lowest BCUT2D eigenvalue weighted by Crippen LogP contribution is -2.45. The van der Waals surface area contributed by atoms with Crippen LogP contribution in [0, 0.1) is 13.8 Å². The standard InChI is InChI=1S/C22H28N2O3/c1-4-13-27-20-10-9-19(17(3)23-20)24-21(25)22(11-14-26-15-12-22)18-7-5-16(2)6-8-18/h5-10H,4,11-15H2,1-3H3,(H,24,25). The Balaban J connectivity index is 1.84. The van der Waals surface area contributed by atoms with E-state index in [9.17, 15) is 4.79 Å². The quantitative estimate of drug-likeness (QED) is 0.831. The van der Waals surface area contributed by atoms with Crippen molar-refractivity contribution in [3.63, 3.8) is 0 Å². The number of nitrogens with zero attached hydrogens (tertiary/aromatic N) is 1. The van der Waals surface area contributed by atoms with Crippen LogP contribution in [0.25, 0.3) is 0 Å². The maximum atomic E-state index is 13.4. The summed E-state index contributed by atoms with van der Waals surface area (Å²) in [5.74, 6) is 0.591. The van der Waals surface area contributed by atoms with Crippen LogP contribution in [0.1, 0.15) is 43.0 Å². The molecule has 0 spiro atoms. The van der Waals surface area contributed by atoms with Crippen LogP contribution in [0.4, 0.5) is 5.69 Å². The van der Waals surface area contributed by atoms with Gasteiger partial charge in [-0.15, -0.1) is 0 Å². The van der Waals surface area contributed by atoms with Gasteiger partial charge < -0.3 is 14.8 Å². The Morgan fingerprint density at radius 2 is 1.85 bits per heavy atom. The second-order valence-electron chi connectivity index (χ2n) is 7.15. The lowest BCUT2D eigenvalue weighted by molar-refractivity contribution is -0.125. The molecular formula is C22H28N2O3. The number of aromatic nitrogens is 1. The van der Waals surface area contributed by atoms with Gasteiger partial charge in [0.05, 0.1) is 23.4 Å². The van der Waals surface area contributed by atoms with Crippen LogP contribution in [0.5, 0.6) is 5.88 Å². The van der Waals surface area contributed by atoms with Crippen molar-refractivity contribution in [2.75, 3.05) is 25.1 Å². The van der Waals surface area contributed by atoms with Crippen LogP contribution in [0.3, 0.4) is 0 Å². The van der Waals surface area contributed by atoms with E-state index in [2.05, 4.69) is 48.4 Å². The van der Waals surface area contributed by atoms with Crippen LogP contribution in [-0.2, 0) is 14.9 Å². The summed E-state index contributed by atoms with van der Waals surface area (Å²) in [5, 5.41) is 3.10. The molecule has 1 fully saturated rings. The van der Waals surface area contributed by atoms with E-state index in [1.165, 1.54) is 5.56 Å². The molecular weight excluding hydrogens is 340 g/mol. The predicted octanol–water partition coefficient (Wildman–Crippen LogP) is 4.17. The van der Waals surface area contributed by atoms with Crippen molar-refractivity contribution < 1.29 is 14.3 Å². The highest BCUT2D eigenvalue weighted by molar-refractivity contribution is 5.99. The third-order valence-electron chi connectivity index (χ3n) is 5.15. The van der Waals surface area contributed by atoms with E-state index >= 15 is 0 Å². The number of hydrogen-bond donors (Lipinski definition) is 1. The molecule has 5 heteroatoms. The fraction of sp³-hybridized carbons (Fsp3) is 0.455. The Morgan fingerprint density at radius 3 is 2.48 bits per heavy atom. The second kappa shape index (κ2) is 8.53. The topological polar surface area (TPSA) is 60.5 Å². The first kappa shape index (κ1) is 19.4. The van der Waals surface area contributed by atoms with Crippen LogP contribution >= 0.6 is 0 Å². The van der Waals surface area contributed by atoms with E-state index in [-0.39, 0.29) is 5.91 Å². The number of benzene rings is 1. The molecule has 0 radical (unpaired) electrons. The number of rotatable bonds is 6. The maximum Gasteiger partial charge on any atom is 0.235 e. The van der Waals surface area contributed by atoms with E-state index in [1.807, 2.05) is 13.0 Å². The van der Waals surface area contributed by atoms with Crippen molar-refractivity contribution in [1.82, 2.24) is 4.98 Å². The number of carbonyl (C=O) groups is 1. The fourth-order valence-corrected chi connectivity index (χ4v) is 3.44. The Morgan fingerprint density at radius 1 is 1.15 bits per heavy atom. The zero-order valence-electron chi connectivity index (χ0n) is 16.4. The minimum absolute atomic E-state index is 0.00165. The third-order valence-corrected chi connectivity index (χ3v) is 5.15. The number of hydrogen-bond acceptors (Lipinski definition) is 4. The summed E-state index contributed by atoms with van der Waals surface area (Å²) in [6, 6.07) is 11.9. The Labute approximate surface area is 161 Å². The molecule has 0 saturated carbocycles. The average Bonchev–Trinajstić information content (AvgIpc) is 2.69. The molecule has 0 bridgehead atoms. The van der Waals surface area contributed by atoms with Gasteiger partial charge in [0.1, 0.15) is 0 Å². The van der Waals surface area contributed by atoms with E-state index in [0.717, 1.165) is 23.4 Å². The number of anilines is 1. The molecule has 0 atom stereocenters. The number of amides is 1. The molecule has 2 heterocycles. The first-order valence-electron chi connectivity index (χ1n) is 9.62. The van der Waals surface area contributed by atoms with Crippen LogP contribution < -0.4 is 10.1 Å². The molecule has 0 aliphatic carbocycles. The zero-order chi connectivity index (χ0) is 19.3. The summed E-state index contributed by atoms with van der Waals surface area (Å²) in [7, 11) is 0. The lowest BCUT2D eigenvalue weighted by Gasteiger charge is -2.36. The van der Waals surface area contributed by atoms with E-state index in [1.54, 1.807) is 6.07 Å². The molecule has 1 aliphatic rings. The van der Waals surface area contributed by atoms with E-state index < -0.39 is 5.41 Å².